The standard InChI is InChI=1S/C22H25Br/c1-4-5-9-19(21-11-6-8-17(2)15-21)14-13-18(3)20-10-7-12-22(23)16-20/h6-13,15-16H,4-5,14H2,1-3H3/b18-13+,19-9+. The van der Waals surface area contributed by atoms with Gasteiger partial charge in [0.1, 0.15) is 0 Å². The van der Waals surface area contributed by atoms with Crippen LogP contribution in [0.4, 0.5) is 0 Å². The first-order valence-corrected chi connectivity index (χ1v) is 9.08. The summed E-state index contributed by atoms with van der Waals surface area (Å²) in [6, 6.07) is 17.3. The van der Waals surface area contributed by atoms with E-state index in [0.717, 1.165) is 17.3 Å². The quantitative estimate of drug-likeness (QED) is 0.496. The molecule has 0 aromatic heterocycles. The Labute approximate surface area is 149 Å². The van der Waals surface area contributed by atoms with Crippen LogP contribution in [0.3, 0.4) is 0 Å². The fourth-order valence-corrected chi connectivity index (χ4v) is 3.00. The Morgan fingerprint density at radius 3 is 2.43 bits per heavy atom. The van der Waals surface area contributed by atoms with E-state index in [2.05, 4.69) is 97.4 Å². The van der Waals surface area contributed by atoms with Gasteiger partial charge in [0, 0.05) is 4.47 Å². The highest BCUT2D eigenvalue weighted by molar-refractivity contribution is 9.10. The summed E-state index contributed by atoms with van der Waals surface area (Å²) >= 11 is 3.55. The summed E-state index contributed by atoms with van der Waals surface area (Å²) in [4.78, 5) is 0. The molecule has 0 fully saturated rings. The topological polar surface area (TPSA) is 0 Å². The highest BCUT2D eigenvalue weighted by Crippen LogP contribution is 2.25. The largest absolute Gasteiger partial charge is 0.0804 e. The summed E-state index contributed by atoms with van der Waals surface area (Å²) in [5.74, 6) is 0. The third kappa shape index (κ3) is 5.51. The van der Waals surface area contributed by atoms with Crippen LogP contribution >= 0.6 is 15.9 Å². The van der Waals surface area contributed by atoms with Crippen molar-refractivity contribution in [3.05, 3.63) is 81.8 Å². The minimum absolute atomic E-state index is 0.974. The van der Waals surface area contributed by atoms with E-state index in [1.165, 1.54) is 34.3 Å². The number of unbranched alkanes of at least 4 members (excludes halogenated alkanes) is 1. The van der Waals surface area contributed by atoms with Crippen LogP contribution in [-0.2, 0) is 0 Å². The van der Waals surface area contributed by atoms with Gasteiger partial charge >= 0.3 is 0 Å². The lowest BCUT2D eigenvalue weighted by Crippen LogP contribution is -1.87. The Balaban J connectivity index is 2.23. The zero-order valence-corrected chi connectivity index (χ0v) is 15.9. The van der Waals surface area contributed by atoms with Gasteiger partial charge in [0.25, 0.3) is 0 Å². The second kappa shape index (κ2) is 8.88. The molecule has 0 bridgehead atoms. The Kier molecular flexibility index (Phi) is 6.85. The van der Waals surface area contributed by atoms with E-state index in [-0.39, 0.29) is 0 Å². The zero-order valence-electron chi connectivity index (χ0n) is 14.3. The van der Waals surface area contributed by atoms with Crippen LogP contribution in [0, 0.1) is 6.92 Å². The summed E-state index contributed by atoms with van der Waals surface area (Å²) in [5.41, 5.74) is 6.68. The first kappa shape index (κ1) is 17.7. The van der Waals surface area contributed by atoms with Crippen LogP contribution < -0.4 is 0 Å². The Morgan fingerprint density at radius 1 is 1.00 bits per heavy atom. The highest BCUT2D eigenvalue weighted by atomic mass is 79.9. The van der Waals surface area contributed by atoms with Gasteiger partial charge in [-0.3, -0.25) is 0 Å². The van der Waals surface area contributed by atoms with Crippen molar-refractivity contribution < 1.29 is 0 Å². The van der Waals surface area contributed by atoms with Crippen molar-refractivity contribution in [3.63, 3.8) is 0 Å². The first-order chi connectivity index (χ1) is 11.1. The molecule has 0 saturated heterocycles. The van der Waals surface area contributed by atoms with E-state index in [1.807, 2.05) is 0 Å². The molecule has 2 aromatic carbocycles. The van der Waals surface area contributed by atoms with Gasteiger partial charge in [-0.2, -0.15) is 0 Å². The third-order valence-corrected chi connectivity index (χ3v) is 4.47. The summed E-state index contributed by atoms with van der Waals surface area (Å²) < 4.78 is 1.13. The van der Waals surface area contributed by atoms with Crippen molar-refractivity contribution in [2.24, 2.45) is 0 Å². The molecule has 0 nitrogen and oxygen atoms in total. The number of benzene rings is 2. The van der Waals surface area contributed by atoms with E-state index in [1.54, 1.807) is 0 Å². The van der Waals surface area contributed by atoms with E-state index in [4.69, 9.17) is 0 Å². The maximum absolute atomic E-state index is 3.55. The predicted molar refractivity (Wildman–Crippen MR) is 106 cm³/mol. The van der Waals surface area contributed by atoms with E-state index in [0.29, 0.717) is 0 Å². The van der Waals surface area contributed by atoms with Gasteiger partial charge in [-0.15, -0.1) is 0 Å². The van der Waals surface area contributed by atoms with Crippen LogP contribution in [-0.4, -0.2) is 0 Å². The van der Waals surface area contributed by atoms with E-state index >= 15 is 0 Å². The van der Waals surface area contributed by atoms with Crippen LogP contribution in [0.1, 0.15) is 49.8 Å². The van der Waals surface area contributed by atoms with Crippen LogP contribution in [0.5, 0.6) is 0 Å². The summed E-state index contributed by atoms with van der Waals surface area (Å²) in [7, 11) is 0. The average Bonchev–Trinajstić information content (AvgIpc) is 2.54. The molecule has 23 heavy (non-hydrogen) atoms. The molecule has 0 unspecified atom stereocenters. The Bertz CT molecular complexity index is 707. The Morgan fingerprint density at radius 2 is 1.74 bits per heavy atom. The molecule has 0 atom stereocenters. The number of halogens is 1. The van der Waals surface area contributed by atoms with Crippen molar-refractivity contribution in [1.82, 2.24) is 0 Å². The molecule has 0 aliphatic heterocycles. The number of rotatable bonds is 6. The van der Waals surface area contributed by atoms with Crippen LogP contribution in [0.25, 0.3) is 11.1 Å². The maximum atomic E-state index is 3.55. The molecule has 0 amide bonds. The molecule has 1 heteroatoms. The van der Waals surface area contributed by atoms with Crippen molar-refractivity contribution >= 4 is 27.1 Å². The second-order valence-corrected chi connectivity index (χ2v) is 6.90. The SMILES string of the molecule is CCC/C=C(\C/C=C(\C)c1cccc(Br)c1)c1cccc(C)c1. The highest BCUT2D eigenvalue weighted by Gasteiger charge is 2.02. The molecule has 0 aliphatic carbocycles. The summed E-state index contributed by atoms with van der Waals surface area (Å²) in [6.07, 6.45) is 8.02. The normalized spacial score (nSPS) is 12.5. The molecule has 0 heterocycles. The van der Waals surface area contributed by atoms with Crippen molar-refractivity contribution in [2.45, 2.75) is 40.0 Å². The van der Waals surface area contributed by atoms with Gasteiger partial charge in [0.15, 0.2) is 0 Å². The smallest absolute Gasteiger partial charge is 0.0181 e. The summed E-state index contributed by atoms with van der Waals surface area (Å²) in [6.45, 7) is 6.58. The molecule has 120 valence electrons. The molecule has 0 N–H and O–H groups in total. The van der Waals surface area contributed by atoms with Gasteiger partial charge in [-0.05, 0) is 61.1 Å². The average molecular weight is 369 g/mol. The molecule has 0 radical (unpaired) electrons. The number of hydrogen-bond donors (Lipinski definition) is 0. The van der Waals surface area contributed by atoms with Gasteiger partial charge < -0.3 is 0 Å². The monoisotopic (exact) mass is 368 g/mol. The van der Waals surface area contributed by atoms with Crippen LogP contribution in [0.15, 0.2) is 65.2 Å². The minimum atomic E-state index is 0.974. The lowest BCUT2D eigenvalue weighted by Gasteiger charge is -2.09. The maximum Gasteiger partial charge on any atom is 0.0181 e. The summed E-state index contributed by atoms with van der Waals surface area (Å²) in [5, 5.41) is 0. The third-order valence-electron chi connectivity index (χ3n) is 3.98. The molecule has 0 aliphatic rings. The second-order valence-electron chi connectivity index (χ2n) is 5.99. The fourth-order valence-electron chi connectivity index (χ4n) is 2.60. The number of hydrogen-bond acceptors (Lipinski definition) is 0. The molecule has 0 saturated carbocycles. The molecular weight excluding hydrogens is 344 g/mol. The molecule has 2 aromatic rings. The number of allylic oxidation sites excluding steroid dienone is 4. The molecular formula is C22H25Br. The Hall–Kier alpha value is -1.60. The van der Waals surface area contributed by atoms with Crippen LogP contribution in [0.2, 0.25) is 0 Å². The first-order valence-electron chi connectivity index (χ1n) is 8.29. The number of aryl methyl sites for hydroxylation is 1. The minimum Gasteiger partial charge on any atom is -0.0804 e. The van der Waals surface area contributed by atoms with Gasteiger partial charge in [-0.1, -0.05) is 83.4 Å². The lowest BCUT2D eigenvalue weighted by molar-refractivity contribution is 0.957. The van der Waals surface area contributed by atoms with Crippen molar-refractivity contribution in [2.75, 3.05) is 0 Å². The molecule has 0 spiro atoms. The predicted octanol–water partition coefficient (Wildman–Crippen LogP) is 7.43. The van der Waals surface area contributed by atoms with E-state index < -0.39 is 0 Å². The van der Waals surface area contributed by atoms with Gasteiger partial charge in [0.05, 0.1) is 0 Å². The van der Waals surface area contributed by atoms with Gasteiger partial charge in [-0.25, -0.2) is 0 Å². The van der Waals surface area contributed by atoms with Gasteiger partial charge in [0.2, 0.25) is 0 Å². The molecule has 2 rings (SSSR count). The zero-order chi connectivity index (χ0) is 16.7. The van der Waals surface area contributed by atoms with Crippen molar-refractivity contribution in [1.29, 1.82) is 0 Å². The lowest BCUT2D eigenvalue weighted by atomic mass is 9.97. The fraction of sp³-hybridized carbons (Fsp3) is 0.273. The van der Waals surface area contributed by atoms with E-state index in [9.17, 15) is 0 Å². The van der Waals surface area contributed by atoms with Crippen molar-refractivity contribution in [3.8, 4) is 0 Å².